The van der Waals surface area contributed by atoms with Crippen molar-refractivity contribution in [3.8, 4) is 0 Å². The zero-order chi connectivity index (χ0) is 19.1. The van der Waals surface area contributed by atoms with Crippen molar-refractivity contribution in [1.82, 2.24) is 14.0 Å². The van der Waals surface area contributed by atoms with Gasteiger partial charge >= 0.3 is 0 Å². The largest absolute Gasteiger partial charge is 0.325 e. The number of carbonyl (C=O) groups is 1. The van der Waals surface area contributed by atoms with Crippen LogP contribution in [0.15, 0.2) is 28.2 Å². The van der Waals surface area contributed by atoms with Crippen LogP contribution in [-0.2, 0) is 15.0 Å². The quantitative estimate of drug-likeness (QED) is 0.702. The van der Waals surface area contributed by atoms with Crippen molar-refractivity contribution in [3.05, 3.63) is 44.0 Å². The summed E-state index contributed by atoms with van der Waals surface area (Å²) in [7, 11) is -2.55. The van der Waals surface area contributed by atoms with Crippen LogP contribution in [0.5, 0.6) is 0 Å². The molecule has 1 saturated heterocycles. The second kappa shape index (κ2) is 7.49. The van der Waals surface area contributed by atoms with Gasteiger partial charge in [-0.15, -0.1) is 11.3 Å². The zero-order valence-electron chi connectivity index (χ0n) is 13.2. The summed E-state index contributed by atoms with van der Waals surface area (Å²) < 4.78 is 42.1. The molecule has 0 aliphatic carbocycles. The lowest BCUT2D eigenvalue weighted by Crippen LogP contribution is -2.55. The molecule has 1 aromatic carbocycles. The minimum atomic E-state index is -3.86. The van der Waals surface area contributed by atoms with Crippen LogP contribution in [0.25, 0.3) is 0 Å². The van der Waals surface area contributed by atoms with Gasteiger partial charge in [0.2, 0.25) is 5.91 Å². The molecule has 2 atom stereocenters. The van der Waals surface area contributed by atoms with Crippen molar-refractivity contribution in [2.75, 3.05) is 12.4 Å². The number of hydrogen-bond donors (Lipinski definition) is 2. The molecule has 1 fully saturated rings. The third-order valence-corrected chi connectivity index (χ3v) is 7.40. The van der Waals surface area contributed by atoms with Crippen LogP contribution < -0.4 is 10.0 Å². The standard InChI is InChI=1S/C14H13BrClFN4O3S2/c1-21-11(13(22)18-7-2-3-9(17)8(16)4-7)5-10(20-26(21,23)24)14-19-12(15)6-25-14/h2-4,6,10-11,20H,5H2,1H3,(H,18,22)/t10-,11+/m1/s1. The molecule has 1 aliphatic rings. The molecule has 0 bridgehead atoms. The smallest absolute Gasteiger partial charge is 0.280 e. The molecule has 7 nitrogen and oxygen atoms in total. The average molecular weight is 484 g/mol. The molecule has 12 heteroatoms. The minimum absolute atomic E-state index is 0.139. The van der Waals surface area contributed by atoms with Crippen molar-refractivity contribution >= 4 is 60.7 Å². The summed E-state index contributed by atoms with van der Waals surface area (Å²) in [5, 5.41) is 4.72. The zero-order valence-corrected chi connectivity index (χ0v) is 17.2. The lowest BCUT2D eigenvalue weighted by Gasteiger charge is -2.35. The number of nitrogens with zero attached hydrogens (tertiary/aromatic N) is 2. The highest BCUT2D eigenvalue weighted by Gasteiger charge is 2.41. The van der Waals surface area contributed by atoms with Gasteiger partial charge in [-0.25, -0.2) is 9.37 Å². The Morgan fingerprint density at radius 2 is 2.27 bits per heavy atom. The van der Waals surface area contributed by atoms with Gasteiger partial charge in [0.05, 0.1) is 11.1 Å². The third-order valence-electron chi connectivity index (χ3n) is 3.85. The molecule has 0 radical (unpaired) electrons. The Balaban J connectivity index is 1.83. The fourth-order valence-corrected chi connectivity index (χ4v) is 5.34. The summed E-state index contributed by atoms with van der Waals surface area (Å²) in [4.78, 5) is 16.9. The number of thiazole rings is 1. The molecule has 140 valence electrons. The summed E-state index contributed by atoms with van der Waals surface area (Å²) in [6.07, 6.45) is 0.191. The maximum Gasteiger partial charge on any atom is 0.280 e. The highest BCUT2D eigenvalue weighted by molar-refractivity contribution is 9.10. The number of carbonyl (C=O) groups excluding carboxylic acids is 1. The van der Waals surface area contributed by atoms with Gasteiger partial charge in [-0.1, -0.05) is 11.6 Å². The molecule has 3 rings (SSSR count). The van der Waals surface area contributed by atoms with Crippen LogP contribution >= 0.6 is 38.9 Å². The van der Waals surface area contributed by atoms with Gasteiger partial charge < -0.3 is 5.32 Å². The van der Waals surface area contributed by atoms with Crippen LogP contribution in [0.4, 0.5) is 10.1 Å². The van der Waals surface area contributed by atoms with Crippen molar-refractivity contribution in [2.45, 2.75) is 18.5 Å². The maximum atomic E-state index is 13.2. The highest BCUT2D eigenvalue weighted by atomic mass is 79.9. The summed E-state index contributed by atoms with van der Waals surface area (Å²) in [6.45, 7) is 0. The predicted molar refractivity (Wildman–Crippen MR) is 101 cm³/mol. The average Bonchev–Trinajstić information content (AvgIpc) is 2.99. The van der Waals surface area contributed by atoms with E-state index in [-0.39, 0.29) is 17.1 Å². The van der Waals surface area contributed by atoms with E-state index < -0.39 is 34.0 Å². The van der Waals surface area contributed by atoms with Gasteiger partial charge in [0.15, 0.2) is 0 Å². The fraction of sp³-hybridized carbons (Fsp3) is 0.286. The Labute approximate surface area is 166 Å². The number of likely N-dealkylation sites (N-methyl/N-ethyl adjacent to an activating group) is 1. The lowest BCUT2D eigenvalue weighted by atomic mass is 10.1. The van der Waals surface area contributed by atoms with Gasteiger partial charge in [0.1, 0.15) is 21.5 Å². The predicted octanol–water partition coefficient (Wildman–Crippen LogP) is 2.92. The topological polar surface area (TPSA) is 91.4 Å². The first kappa shape index (κ1) is 19.6. The number of rotatable bonds is 3. The van der Waals surface area contributed by atoms with E-state index in [1.54, 1.807) is 5.38 Å². The number of amides is 1. The Morgan fingerprint density at radius 1 is 1.54 bits per heavy atom. The third kappa shape index (κ3) is 4.07. The SMILES string of the molecule is CN1[C@H](C(=O)Nc2ccc(F)c(Cl)c2)C[C@H](c2nc(Br)cs2)NS1(=O)=O. The Hall–Kier alpha value is -1.11. The van der Waals surface area contributed by atoms with E-state index in [1.165, 1.54) is 30.5 Å². The van der Waals surface area contributed by atoms with E-state index in [1.807, 2.05) is 0 Å². The van der Waals surface area contributed by atoms with Gasteiger partial charge in [-0.3, -0.25) is 4.79 Å². The first-order valence-electron chi connectivity index (χ1n) is 7.29. The summed E-state index contributed by atoms with van der Waals surface area (Å²) in [5.41, 5.74) is 0.277. The normalized spacial score (nSPS) is 22.9. The van der Waals surface area contributed by atoms with Crippen molar-refractivity contribution < 1.29 is 17.6 Å². The summed E-state index contributed by atoms with van der Waals surface area (Å²) in [6, 6.07) is 2.15. The molecule has 0 saturated carbocycles. The molecule has 2 aromatic rings. The number of nitrogens with one attached hydrogen (secondary N) is 2. The number of benzene rings is 1. The molecule has 1 aliphatic heterocycles. The molecule has 1 amide bonds. The molecular formula is C14H13BrClFN4O3S2. The van der Waals surface area contributed by atoms with Crippen LogP contribution in [0, 0.1) is 5.82 Å². The van der Waals surface area contributed by atoms with Crippen molar-refractivity contribution in [3.63, 3.8) is 0 Å². The second-order valence-corrected chi connectivity index (χ2v) is 9.44. The van der Waals surface area contributed by atoms with E-state index >= 15 is 0 Å². The minimum Gasteiger partial charge on any atom is -0.325 e. The number of halogens is 3. The van der Waals surface area contributed by atoms with Gasteiger partial charge in [0.25, 0.3) is 10.2 Å². The molecule has 0 spiro atoms. The molecular weight excluding hydrogens is 471 g/mol. The van der Waals surface area contributed by atoms with E-state index in [0.29, 0.717) is 9.61 Å². The summed E-state index contributed by atoms with van der Waals surface area (Å²) in [5.74, 6) is -1.15. The molecule has 2 N–H and O–H groups in total. The molecule has 1 aromatic heterocycles. The Morgan fingerprint density at radius 3 is 2.88 bits per heavy atom. The van der Waals surface area contributed by atoms with Crippen LogP contribution in [0.3, 0.4) is 0 Å². The van der Waals surface area contributed by atoms with Crippen LogP contribution in [-0.4, -0.2) is 36.7 Å². The van der Waals surface area contributed by atoms with E-state index in [0.717, 1.165) is 10.4 Å². The van der Waals surface area contributed by atoms with Crippen molar-refractivity contribution in [1.29, 1.82) is 0 Å². The van der Waals surface area contributed by atoms with Crippen molar-refractivity contribution in [2.24, 2.45) is 0 Å². The second-order valence-electron chi connectivity index (χ2n) is 5.57. The van der Waals surface area contributed by atoms with Crippen LogP contribution in [0.2, 0.25) is 5.02 Å². The fourth-order valence-electron chi connectivity index (χ4n) is 2.50. The maximum absolute atomic E-state index is 13.2. The van der Waals surface area contributed by atoms with Gasteiger partial charge in [-0.2, -0.15) is 17.4 Å². The monoisotopic (exact) mass is 482 g/mol. The van der Waals surface area contributed by atoms with Crippen LogP contribution in [0.1, 0.15) is 17.5 Å². The van der Waals surface area contributed by atoms with E-state index in [4.69, 9.17) is 11.6 Å². The highest BCUT2D eigenvalue weighted by Crippen LogP contribution is 2.31. The number of hydrogen-bond acceptors (Lipinski definition) is 5. The van der Waals surface area contributed by atoms with E-state index in [2.05, 4.69) is 31.0 Å². The lowest BCUT2D eigenvalue weighted by molar-refractivity contribution is -0.120. The molecule has 2 heterocycles. The first-order valence-corrected chi connectivity index (χ1v) is 10.8. The summed E-state index contributed by atoms with van der Waals surface area (Å²) >= 11 is 10.2. The first-order chi connectivity index (χ1) is 12.2. The number of aromatic nitrogens is 1. The van der Waals surface area contributed by atoms with Gasteiger partial charge in [0, 0.05) is 18.1 Å². The Bertz CT molecular complexity index is 955. The molecule has 0 unspecified atom stereocenters. The van der Waals surface area contributed by atoms with E-state index in [9.17, 15) is 17.6 Å². The molecule has 26 heavy (non-hydrogen) atoms. The number of anilines is 1. The Kier molecular flexibility index (Phi) is 5.66. The van der Waals surface area contributed by atoms with Gasteiger partial charge in [-0.05, 0) is 40.5 Å².